The number of amides is 2. The van der Waals surface area contributed by atoms with Crippen molar-refractivity contribution in [2.45, 2.75) is 52.7 Å². The van der Waals surface area contributed by atoms with Crippen molar-refractivity contribution in [3.8, 4) is 22.9 Å². The normalized spacial score (nSPS) is 17.6. The Hall–Kier alpha value is -4.10. The van der Waals surface area contributed by atoms with E-state index in [-0.39, 0.29) is 12.5 Å². The molecular formula is C32H42N4O6. The number of benzene rings is 2. The largest absolute Gasteiger partial charge is 0.444 e. The van der Waals surface area contributed by atoms with E-state index in [1.807, 2.05) is 90.0 Å². The summed E-state index contributed by atoms with van der Waals surface area (Å²) in [6, 6.07) is 14.8. The van der Waals surface area contributed by atoms with Crippen LogP contribution in [0, 0.1) is 22.7 Å². The van der Waals surface area contributed by atoms with Gasteiger partial charge in [-0.2, -0.15) is 5.26 Å². The van der Waals surface area contributed by atoms with E-state index >= 15 is 0 Å². The Morgan fingerprint density at radius 1 is 1.17 bits per heavy atom. The summed E-state index contributed by atoms with van der Waals surface area (Å²) in [6.07, 6.45) is -0.0481. The number of likely N-dealkylation sites (tertiary alicyclic amines) is 1. The maximum atomic E-state index is 13.2. The first-order chi connectivity index (χ1) is 19.9. The number of carbonyl (C=O) groups is 3. The predicted octanol–water partition coefficient (Wildman–Crippen LogP) is 4.42. The lowest BCUT2D eigenvalue weighted by molar-refractivity contribution is -0.132. The maximum Gasteiger partial charge on any atom is 0.410 e. The molecule has 2 aromatic rings. The Bertz CT molecular complexity index is 1290. The summed E-state index contributed by atoms with van der Waals surface area (Å²) >= 11 is 0. The maximum absolute atomic E-state index is 13.2. The standard InChI is InChI=1S/C30H36N4O6.C2H6/c1-29(2,3)40-28(37)34-16-30(17-34)18-38-15-24(30)27(36)32-23(14-31)12-20-6-8-21(9-7-20)22-10-11-26(39-19-35)25(13-22)33(4)5;1-2/h6-11,13,19,23-24H,12,15-18H2,1-5H3,(H,32,36);1-2H3/t23-,24?;/m0./s1. The zero-order valence-electron chi connectivity index (χ0n) is 25.6. The van der Waals surface area contributed by atoms with Gasteiger partial charge < -0.3 is 29.3 Å². The van der Waals surface area contributed by atoms with E-state index in [0.717, 1.165) is 22.4 Å². The first-order valence-electron chi connectivity index (χ1n) is 14.2. The molecule has 2 amide bonds. The van der Waals surface area contributed by atoms with Crippen molar-refractivity contribution in [3.63, 3.8) is 0 Å². The van der Waals surface area contributed by atoms with Crippen molar-refractivity contribution in [1.29, 1.82) is 5.26 Å². The summed E-state index contributed by atoms with van der Waals surface area (Å²) in [5.74, 6) is -0.207. The van der Waals surface area contributed by atoms with Gasteiger partial charge in [0.05, 0.1) is 30.9 Å². The molecule has 10 nitrogen and oxygen atoms in total. The molecule has 0 saturated carbocycles. The summed E-state index contributed by atoms with van der Waals surface area (Å²) in [5, 5.41) is 12.7. The molecule has 2 heterocycles. The van der Waals surface area contributed by atoms with Crippen LogP contribution in [0.25, 0.3) is 11.1 Å². The second-order valence-corrected chi connectivity index (χ2v) is 11.6. The van der Waals surface area contributed by atoms with Gasteiger partial charge in [-0.25, -0.2) is 4.79 Å². The van der Waals surface area contributed by atoms with Gasteiger partial charge in [0.1, 0.15) is 11.6 Å². The quantitative estimate of drug-likeness (QED) is 0.457. The topological polar surface area (TPSA) is 121 Å². The zero-order valence-corrected chi connectivity index (χ0v) is 25.6. The summed E-state index contributed by atoms with van der Waals surface area (Å²) in [6.45, 7) is 11.3. The molecule has 2 atom stereocenters. The second kappa shape index (κ2) is 13.7. The minimum absolute atomic E-state index is 0.238. The highest BCUT2D eigenvalue weighted by Gasteiger charge is 2.57. The third-order valence-electron chi connectivity index (χ3n) is 7.21. The van der Waals surface area contributed by atoms with Crippen molar-refractivity contribution in [2.24, 2.45) is 11.3 Å². The van der Waals surface area contributed by atoms with Gasteiger partial charge >= 0.3 is 6.09 Å². The fourth-order valence-electron chi connectivity index (χ4n) is 5.16. The molecule has 42 heavy (non-hydrogen) atoms. The van der Waals surface area contributed by atoms with Gasteiger partial charge in [-0.1, -0.05) is 44.2 Å². The average Bonchev–Trinajstić information content (AvgIpc) is 3.38. The van der Waals surface area contributed by atoms with Crippen molar-refractivity contribution in [2.75, 3.05) is 45.3 Å². The molecule has 10 heteroatoms. The zero-order chi connectivity index (χ0) is 31.1. The molecule has 1 spiro atoms. The number of rotatable bonds is 8. The average molecular weight is 579 g/mol. The smallest absolute Gasteiger partial charge is 0.410 e. The van der Waals surface area contributed by atoms with Crippen LogP contribution >= 0.6 is 0 Å². The van der Waals surface area contributed by atoms with E-state index in [1.165, 1.54) is 0 Å². The third-order valence-corrected chi connectivity index (χ3v) is 7.21. The predicted molar refractivity (Wildman–Crippen MR) is 160 cm³/mol. The Labute approximate surface area is 248 Å². The molecule has 2 fully saturated rings. The highest BCUT2D eigenvalue weighted by Crippen LogP contribution is 2.43. The van der Waals surface area contributed by atoms with E-state index in [9.17, 15) is 19.6 Å². The van der Waals surface area contributed by atoms with E-state index in [0.29, 0.717) is 38.3 Å². The van der Waals surface area contributed by atoms with Gasteiger partial charge in [-0.3, -0.25) is 9.59 Å². The SMILES string of the molecule is CC.CN(C)c1cc(-c2ccc(C[C@@H](C#N)NC(=O)C3COCC34CN(C(=O)OC(C)(C)C)C4)cc2)ccc1OC=O. The monoisotopic (exact) mass is 578 g/mol. The van der Waals surface area contributed by atoms with Crippen LogP contribution in [0.3, 0.4) is 0 Å². The number of anilines is 1. The van der Waals surface area contributed by atoms with Crippen molar-refractivity contribution in [3.05, 3.63) is 48.0 Å². The second-order valence-electron chi connectivity index (χ2n) is 11.6. The molecule has 0 radical (unpaired) electrons. The Kier molecular flexibility index (Phi) is 10.6. The molecule has 0 aliphatic carbocycles. The number of ether oxygens (including phenoxy) is 3. The summed E-state index contributed by atoms with van der Waals surface area (Å²) in [7, 11) is 3.75. The van der Waals surface area contributed by atoms with Crippen LogP contribution in [0.4, 0.5) is 10.5 Å². The minimum Gasteiger partial charge on any atom is -0.444 e. The molecule has 2 aromatic carbocycles. The molecule has 1 unspecified atom stereocenters. The van der Waals surface area contributed by atoms with Gasteiger partial charge in [0.25, 0.3) is 6.47 Å². The molecule has 2 aliphatic heterocycles. The molecule has 2 saturated heterocycles. The van der Waals surface area contributed by atoms with Crippen LogP contribution in [0.1, 0.15) is 40.2 Å². The molecule has 2 aliphatic rings. The third kappa shape index (κ3) is 7.59. The van der Waals surface area contributed by atoms with Crippen LogP contribution in [-0.2, 0) is 25.5 Å². The lowest BCUT2D eigenvalue weighted by Crippen LogP contribution is -2.64. The van der Waals surface area contributed by atoms with Crippen LogP contribution < -0.4 is 15.0 Å². The van der Waals surface area contributed by atoms with Gasteiger partial charge in [0.2, 0.25) is 5.91 Å². The number of hydrogen-bond donors (Lipinski definition) is 1. The number of nitrogens with one attached hydrogen (secondary N) is 1. The fourth-order valence-corrected chi connectivity index (χ4v) is 5.16. The highest BCUT2D eigenvalue weighted by molar-refractivity contribution is 5.82. The van der Waals surface area contributed by atoms with E-state index in [1.54, 1.807) is 11.0 Å². The highest BCUT2D eigenvalue weighted by atomic mass is 16.6. The van der Waals surface area contributed by atoms with Gasteiger partial charge in [0.15, 0.2) is 5.75 Å². The van der Waals surface area contributed by atoms with Crippen molar-refractivity contribution in [1.82, 2.24) is 10.2 Å². The first kappa shape index (κ1) is 32.4. The number of carbonyl (C=O) groups excluding carboxylic acids is 3. The molecule has 0 aromatic heterocycles. The van der Waals surface area contributed by atoms with E-state index in [2.05, 4.69) is 11.4 Å². The van der Waals surface area contributed by atoms with Gasteiger partial charge in [0, 0.05) is 39.0 Å². The summed E-state index contributed by atoms with van der Waals surface area (Å²) in [4.78, 5) is 39.9. The number of nitriles is 1. The van der Waals surface area contributed by atoms with E-state index < -0.39 is 29.1 Å². The van der Waals surface area contributed by atoms with Crippen molar-refractivity contribution >= 4 is 24.2 Å². The van der Waals surface area contributed by atoms with Crippen LogP contribution in [0.5, 0.6) is 5.75 Å². The number of nitrogens with zero attached hydrogens (tertiary/aromatic N) is 3. The van der Waals surface area contributed by atoms with Crippen LogP contribution in [0.2, 0.25) is 0 Å². The molecule has 0 bridgehead atoms. The number of hydrogen-bond acceptors (Lipinski definition) is 8. The van der Waals surface area contributed by atoms with Gasteiger partial charge in [-0.05, 0) is 49.6 Å². The Morgan fingerprint density at radius 2 is 1.81 bits per heavy atom. The Balaban J connectivity index is 0.00000237. The molecule has 226 valence electrons. The fraction of sp³-hybridized carbons (Fsp3) is 0.500. The van der Waals surface area contributed by atoms with Gasteiger partial charge in [-0.15, -0.1) is 0 Å². The van der Waals surface area contributed by atoms with Crippen molar-refractivity contribution < 1.29 is 28.6 Å². The Morgan fingerprint density at radius 3 is 2.38 bits per heavy atom. The molecule has 1 N–H and O–H groups in total. The first-order valence-corrected chi connectivity index (χ1v) is 14.2. The van der Waals surface area contributed by atoms with E-state index in [4.69, 9.17) is 14.2 Å². The minimum atomic E-state index is -0.710. The molecule has 4 rings (SSSR count). The lowest BCUT2D eigenvalue weighted by Gasteiger charge is -2.49. The summed E-state index contributed by atoms with van der Waals surface area (Å²) in [5.41, 5.74) is 2.54. The molecular weight excluding hydrogens is 536 g/mol. The van der Waals surface area contributed by atoms with Crippen LogP contribution in [0.15, 0.2) is 42.5 Å². The van der Waals surface area contributed by atoms with Crippen LogP contribution in [-0.4, -0.2) is 75.4 Å². The lowest BCUT2D eigenvalue weighted by atomic mass is 9.71. The summed E-state index contributed by atoms with van der Waals surface area (Å²) < 4.78 is 16.2.